The van der Waals surface area contributed by atoms with Gasteiger partial charge in [-0.05, 0) is 18.2 Å². The Morgan fingerprint density at radius 1 is 1.41 bits per heavy atom. The van der Waals surface area contributed by atoms with Crippen LogP contribution in [0.5, 0.6) is 0 Å². The van der Waals surface area contributed by atoms with Gasteiger partial charge in [0.1, 0.15) is 6.61 Å². The van der Waals surface area contributed by atoms with Gasteiger partial charge in [-0.15, -0.1) is 0 Å². The van der Waals surface area contributed by atoms with E-state index in [4.69, 9.17) is 15.2 Å². The predicted molar refractivity (Wildman–Crippen MR) is 64.9 cm³/mol. The average molecular weight is 234 g/mol. The van der Waals surface area contributed by atoms with Crippen LogP contribution < -0.4 is 5.73 Å². The number of aromatic amines is 1. The third-order valence-corrected chi connectivity index (χ3v) is 2.45. The van der Waals surface area contributed by atoms with Gasteiger partial charge >= 0.3 is 5.97 Å². The van der Waals surface area contributed by atoms with Crippen LogP contribution >= 0.6 is 0 Å². The standard InChI is InChI=1S/C12H14N2O3/c1-16-4-5-17-12(15)10-7-14-11-6-8(13)2-3-9(10)11/h2-3,6-7,14H,4-5,13H2,1H3. The maximum absolute atomic E-state index is 11.8. The maximum Gasteiger partial charge on any atom is 0.340 e. The molecule has 0 atom stereocenters. The summed E-state index contributed by atoms with van der Waals surface area (Å²) in [4.78, 5) is 14.7. The number of carbonyl (C=O) groups excluding carboxylic acids is 1. The SMILES string of the molecule is COCCOC(=O)c1c[nH]c2cc(N)ccc12. The van der Waals surface area contributed by atoms with Crippen molar-refractivity contribution in [3.8, 4) is 0 Å². The Hall–Kier alpha value is -2.01. The van der Waals surface area contributed by atoms with Gasteiger partial charge in [-0.1, -0.05) is 0 Å². The number of nitrogens with two attached hydrogens (primary N) is 1. The predicted octanol–water partition coefficient (Wildman–Crippen LogP) is 1.55. The number of aromatic nitrogens is 1. The molecule has 2 rings (SSSR count). The second-order valence-corrected chi connectivity index (χ2v) is 3.64. The van der Waals surface area contributed by atoms with Gasteiger partial charge in [0.2, 0.25) is 0 Å². The van der Waals surface area contributed by atoms with E-state index in [0.717, 1.165) is 10.9 Å². The van der Waals surface area contributed by atoms with Crippen LogP contribution in [-0.4, -0.2) is 31.3 Å². The summed E-state index contributed by atoms with van der Waals surface area (Å²) in [6, 6.07) is 5.33. The lowest BCUT2D eigenvalue weighted by atomic mass is 10.1. The van der Waals surface area contributed by atoms with Crippen molar-refractivity contribution in [3.05, 3.63) is 30.0 Å². The highest BCUT2D eigenvalue weighted by atomic mass is 16.6. The number of nitrogen functional groups attached to an aromatic ring is 1. The fourth-order valence-electron chi connectivity index (χ4n) is 1.61. The van der Waals surface area contributed by atoms with Crippen molar-refractivity contribution in [1.82, 2.24) is 4.98 Å². The van der Waals surface area contributed by atoms with Gasteiger partial charge in [0.15, 0.2) is 0 Å². The largest absolute Gasteiger partial charge is 0.460 e. The van der Waals surface area contributed by atoms with Gasteiger partial charge in [0, 0.05) is 29.9 Å². The van der Waals surface area contributed by atoms with Crippen molar-refractivity contribution in [2.75, 3.05) is 26.1 Å². The summed E-state index contributed by atoms with van der Waals surface area (Å²) in [5, 5.41) is 0.807. The summed E-state index contributed by atoms with van der Waals surface area (Å²) in [5.41, 5.74) is 7.64. The number of benzene rings is 1. The highest BCUT2D eigenvalue weighted by molar-refractivity contribution is 6.04. The first-order chi connectivity index (χ1) is 8.22. The van der Waals surface area contributed by atoms with E-state index >= 15 is 0 Å². The van der Waals surface area contributed by atoms with Crippen molar-refractivity contribution >= 4 is 22.6 Å². The van der Waals surface area contributed by atoms with E-state index < -0.39 is 0 Å². The van der Waals surface area contributed by atoms with Crippen LogP contribution in [0.25, 0.3) is 10.9 Å². The molecule has 0 bridgehead atoms. The second-order valence-electron chi connectivity index (χ2n) is 3.64. The molecule has 0 fully saturated rings. The summed E-state index contributed by atoms with van der Waals surface area (Å²) in [6.45, 7) is 0.637. The summed E-state index contributed by atoms with van der Waals surface area (Å²) in [6.07, 6.45) is 1.62. The Kier molecular flexibility index (Phi) is 3.30. The number of methoxy groups -OCH3 is 1. The van der Waals surface area contributed by atoms with E-state index in [1.54, 1.807) is 31.5 Å². The molecule has 0 unspecified atom stereocenters. The summed E-state index contributed by atoms with van der Waals surface area (Å²) >= 11 is 0. The minimum absolute atomic E-state index is 0.247. The van der Waals surface area contributed by atoms with E-state index in [-0.39, 0.29) is 12.6 Å². The minimum atomic E-state index is -0.363. The lowest BCUT2D eigenvalue weighted by Crippen LogP contribution is -2.09. The molecule has 5 nitrogen and oxygen atoms in total. The van der Waals surface area contributed by atoms with Gasteiger partial charge in [0.05, 0.1) is 12.2 Å². The van der Waals surface area contributed by atoms with Crippen molar-refractivity contribution in [2.24, 2.45) is 0 Å². The molecule has 0 amide bonds. The fraction of sp³-hybridized carbons (Fsp3) is 0.250. The highest BCUT2D eigenvalue weighted by Gasteiger charge is 2.13. The molecule has 0 aliphatic heterocycles. The van der Waals surface area contributed by atoms with E-state index in [9.17, 15) is 4.79 Å². The van der Waals surface area contributed by atoms with Crippen LogP contribution in [0.3, 0.4) is 0 Å². The molecule has 2 aromatic rings. The van der Waals surface area contributed by atoms with E-state index in [2.05, 4.69) is 4.98 Å². The van der Waals surface area contributed by atoms with Crippen LogP contribution in [0.4, 0.5) is 5.69 Å². The van der Waals surface area contributed by atoms with Crippen LogP contribution in [0.1, 0.15) is 10.4 Å². The number of hydrogen-bond donors (Lipinski definition) is 2. The number of hydrogen-bond acceptors (Lipinski definition) is 4. The molecule has 0 aliphatic rings. The smallest absolute Gasteiger partial charge is 0.340 e. The van der Waals surface area contributed by atoms with E-state index in [1.807, 2.05) is 0 Å². The lowest BCUT2D eigenvalue weighted by Gasteiger charge is -2.02. The number of nitrogens with one attached hydrogen (secondary N) is 1. The highest BCUT2D eigenvalue weighted by Crippen LogP contribution is 2.21. The summed E-state index contributed by atoms with van der Waals surface area (Å²) < 4.78 is 9.86. The molecule has 0 radical (unpaired) electrons. The van der Waals surface area contributed by atoms with Gasteiger partial charge in [0.25, 0.3) is 0 Å². The maximum atomic E-state index is 11.8. The van der Waals surface area contributed by atoms with Crippen molar-refractivity contribution in [2.45, 2.75) is 0 Å². The number of H-pyrrole nitrogens is 1. The Bertz CT molecular complexity index is 534. The zero-order chi connectivity index (χ0) is 12.3. The molecular weight excluding hydrogens is 220 g/mol. The van der Waals surface area contributed by atoms with E-state index in [1.165, 1.54) is 0 Å². The molecular formula is C12H14N2O3. The molecule has 1 heterocycles. The van der Waals surface area contributed by atoms with Gasteiger partial charge < -0.3 is 20.2 Å². The zero-order valence-electron chi connectivity index (χ0n) is 9.53. The second kappa shape index (κ2) is 4.88. The van der Waals surface area contributed by atoms with Crippen LogP contribution in [0.15, 0.2) is 24.4 Å². The third-order valence-electron chi connectivity index (χ3n) is 2.45. The molecule has 5 heteroatoms. The normalized spacial score (nSPS) is 10.6. The minimum Gasteiger partial charge on any atom is -0.460 e. The number of anilines is 1. The quantitative estimate of drug-likeness (QED) is 0.478. The molecule has 1 aromatic heterocycles. The number of ether oxygens (including phenoxy) is 2. The molecule has 0 spiro atoms. The molecule has 0 saturated heterocycles. The number of esters is 1. The van der Waals surface area contributed by atoms with Gasteiger partial charge in [-0.3, -0.25) is 0 Å². The topological polar surface area (TPSA) is 77.3 Å². The van der Waals surface area contributed by atoms with Crippen molar-refractivity contribution in [1.29, 1.82) is 0 Å². The Morgan fingerprint density at radius 2 is 2.24 bits per heavy atom. The Morgan fingerprint density at radius 3 is 3.00 bits per heavy atom. The summed E-state index contributed by atoms with van der Waals surface area (Å²) in [5.74, 6) is -0.363. The monoisotopic (exact) mass is 234 g/mol. The molecule has 90 valence electrons. The first-order valence-electron chi connectivity index (χ1n) is 5.25. The average Bonchev–Trinajstić information content (AvgIpc) is 2.72. The van der Waals surface area contributed by atoms with Gasteiger partial charge in [-0.2, -0.15) is 0 Å². The lowest BCUT2D eigenvalue weighted by molar-refractivity contribution is 0.0390. The Balaban J connectivity index is 2.21. The molecule has 17 heavy (non-hydrogen) atoms. The Labute approximate surface area is 98.5 Å². The first-order valence-corrected chi connectivity index (χ1v) is 5.25. The first kappa shape index (κ1) is 11.5. The summed E-state index contributed by atoms with van der Waals surface area (Å²) in [7, 11) is 1.56. The van der Waals surface area contributed by atoms with Crippen molar-refractivity contribution in [3.63, 3.8) is 0 Å². The molecule has 0 saturated carbocycles. The third kappa shape index (κ3) is 2.39. The molecule has 0 aliphatic carbocycles. The number of fused-ring (bicyclic) bond motifs is 1. The zero-order valence-corrected chi connectivity index (χ0v) is 9.53. The number of rotatable bonds is 4. The van der Waals surface area contributed by atoms with Crippen LogP contribution in [0, 0.1) is 0 Å². The van der Waals surface area contributed by atoms with Crippen molar-refractivity contribution < 1.29 is 14.3 Å². The van der Waals surface area contributed by atoms with Gasteiger partial charge in [-0.25, -0.2) is 4.79 Å². The molecule has 3 N–H and O–H groups in total. The van der Waals surface area contributed by atoms with E-state index in [0.29, 0.717) is 17.9 Å². The fourth-order valence-corrected chi connectivity index (χ4v) is 1.61. The molecule has 1 aromatic carbocycles. The van der Waals surface area contributed by atoms with Crippen LogP contribution in [0.2, 0.25) is 0 Å². The van der Waals surface area contributed by atoms with Crippen LogP contribution in [-0.2, 0) is 9.47 Å². The number of carbonyl (C=O) groups is 1.